The molecule has 0 radical (unpaired) electrons. The first-order valence-corrected chi connectivity index (χ1v) is 28.9. The summed E-state index contributed by atoms with van der Waals surface area (Å²) in [5.41, 5.74) is 0. The summed E-state index contributed by atoms with van der Waals surface area (Å²) in [7, 11) is 0. The fourth-order valence-electron chi connectivity index (χ4n) is 9.76. The Balaban J connectivity index is 1.77. The van der Waals surface area contributed by atoms with Gasteiger partial charge in [0.15, 0.2) is 12.6 Å². The minimum absolute atomic E-state index is 0.236. The summed E-state index contributed by atoms with van der Waals surface area (Å²) >= 11 is 0. The maximum Gasteiger partial charge on any atom is 0.220 e. The highest BCUT2D eigenvalue weighted by Crippen LogP contribution is 2.30. The van der Waals surface area contributed by atoms with Gasteiger partial charge in [-0.1, -0.05) is 231 Å². The van der Waals surface area contributed by atoms with Crippen molar-refractivity contribution >= 4 is 5.91 Å². The van der Waals surface area contributed by atoms with E-state index in [4.69, 9.17) is 18.9 Å². The molecule has 12 atom stereocenters. The number of rotatable bonds is 46. The van der Waals surface area contributed by atoms with Gasteiger partial charge in [0.25, 0.3) is 0 Å². The SMILES string of the molecule is CCCCCCCCCCCCCCCCCCCCCC/C=C/C(O)C(COC1OC(CO)C(OC2OC(CO)C(O)C(O)C2O)C(O)C1O)NC(=O)CCCCCCCCCCCCCCCC. The van der Waals surface area contributed by atoms with Crippen LogP contribution >= 0.6 is 0 Å². The Morgan fingerprint density at radius 1 is 0.500 bits per heavy atom. The number of carbonyl (C=O) groups is 1. The van der Waals surface area contributed by atoms with Crippen LogP contribution in [0.1, 0.15) is 245 Å². The van der Waals surface area contributed by atoms with Crippen molar-refractivity contribution in [3.05, 3.63) is 12.2 Å². The largest absolute Gasteiger partial charge is 0.394 e. The van der Waals surface area contributed by atoms with Crippen molar-refractivity contribution in [1.29, 1.82) is 0 Å². The van der Waals surface area contributed by atoms with Crippen LogP contribution in [0.2, 0.25) is 0 Å². The molecule has 2 aliphatic rings. The molecule has 0 aromatic rings. The zero-order valence-corrected chi connectivity index (χ0v) is 44.3. The van der Waals surface area contributed by atoms with Crippen molar-refractivity contribution in [2.45, 2.75) is 319 Å². The first-order valence-electron chi connectivity index (χ1n) is 28.9. The van der Waals surface area contributed by atoms with Crippen LogP contribution < -0.4 is 5.32 Å². The van der Waals surface area contributed by atoms with Gasteiger partial charge in [-0.3, -0.25) is 4.79 Å². The number of nitrogens with one attached hydrogen (secondary N) is 1. The minimum atomic E-state index is -1.78. The van der Waals surface area contributed by atoms with Gasteiger partial charge in [0.05, 0.1) is 32.0 Å². The monoisotopic (exact) mass is 1000 g/mol. The fraction of sp³-hybridized carbons (Fsp3) is 0.946. The normalized spacial score (nSPS) is 26.0. The van der Waals surface area contributed by atoms with Crippen LogP contribution in [0, 0.1) is 0 Å². The van der Waals surface area contributed by atoms with Gasteiger partial charge in [-0.25, -0.2) is 0 Å². The smallest absolute Gasteiger partial charge is 0.220 e. The lowest BCUT2D eigenvalue weighted by molar-refractivity contribution is -0.359. The topological polar surface area (TPSA) is 228 Å². The highest BCUT2D eigenvalue weighted by molar-refractivity contribution is 5.76. The number of aliphatic hydroxyl groups is 8. The van der Waals surface area contributed by atoms with E-state index >= 15 is 0 Å². The van der Waals surface area contributed by atoms with E-state index in [0.717, 1.165) is 38.5 Å². The van der Waals surface area contributed by atoms with Gasteiger partial charge in [0.2, 0.25) is 5.91 Å². The molecule has 0 aromatic carbocycles. The van der Waals surface area contributed by atoms with Crippen LogP contribution in [0.15, 0.2) is 12.2 Å². The average molecular weight is 1000 g/mol. The van der Waals surface area contributed by atoms with Crippen molar-refractivity contribution in [2.24, 2.45) is 0 Å². The minimum Gasteiger partial charge on any atom is -0.394 e. The van der Waals surface area contributed by atoms with Gasteiger partial charge in [0.1, 0.15) is 48.8 Å². The fourth-order valence-corrected chi connectivity index (χ4v) is 9.76. The Kier molecular flexibility index (Phi) is 39.9. The molecule has 0 aromatic heterocycles. The van der Waals surface area contributed by atoms with Gasteiger partial charge in [-0.2, -0.15) is 0 Å². The van der Waals surface area contributed by atoms with Crippen LogP contribution in [-0.4, -0.2) is 140 Å². The van der Waals surface area contributed by atoms with Crippen molar-refractivity contribution in [3.63, 3.8) is 0 Å². The average Bonchev–Trinajstić information content (AvgIpc) is 3.36. The van der Waals surface area contributed by atoms with E-state index in [0.29, 0.717) is 6.42 Å². The molecule has 2 heterocycles. The lowest BCUT2D eigenvalue weighted by atomic mass is 9.97. The number of carbonyl (C=O) groups excluding carboxylic acids is 1. The third kappa shape index (κ3) is 29.0. The molecule has 14 nitrogen and oxygen atoms in total. The summed E-state index contributed by atoms with van der Waals surface area (Å²) in [6.07, 6.45) is 31.1. The van der Waals surface area contributed by atoms with Crippen molar-refractivity contribution in [3.8, 4) is 0 Å². The van der Waals surface area contributed by atoms with Gasteiger partial charge >= 0.3 is 0 Å². The van der Waals surface area contributed by atoms with Gasteiger partial charge in [-0.05, 0) is 19.3 Å². The van der Waals surface area contributed by atoms with Crippen molar-refractivity contribution in [1.82, 2.24) is 5.32 Å². The molecule has 2 aliphatic heterocycles. The number of hydrogen-bond acceptors (Lipinski definition) is 13. The lowest BCUT2D eigenvalue weighted by Crippen LogP contribution is -2.65. The summed E-state index contributed by atoms with van der Waals surface area (Å²) < 4.78 is 22.8. The molecule has 12 unspecified atom stereocenters. The van der Waals surface area contributed by atoms with E-state index in [1.165, 1.54) is 180 Å². The first kappa shape index (κ1) is 64.8. The van der Waals surface area contributed by atoms with Crippen LogP contribution in [0.4, 0.5) is 0 Å². The van der Waals surface area contributed by atoms with Crippen LogP contribution in [0.5, 0.6) is 0 Å². The van der Waals surface area contributed by atoms with E-state index in [2.05, 4.69) is 19.2 Å². The number of amides is 1. The van der Waals surface area contributed by atoms with Gasteiger partial charge < -0.3 is 65.1 Å². The molecule has 2 saturated heterocycles. The third-order valence-electron chi connectivity index (χ3n) is 14.5. The standard InChI is InChI=1S/C56H107NO13/c1-3-5-7-9-11-13-15-17-19-20-21-22-23-24-25-26-27-29-31-33-35-37-39-45(60)44(57-48(61)40-38-36-34-32-30-28-18-16-14-12-10-8-6-4-2)43-67-55-53(66)51(64)54(47(42-59)69-55)70-56-52(65)50(63)49(62)46(41-58)68-56/h37,39,44-47,49-56,58-60,62-66H,3-36,38,40-43H2,1-2H3,(H,57,61)/b39-37+. The number of hydrogen-bond donors (Lipinski definition) is 9. The molecule has 70 heavy (non-hydrogen) atoms. The number of ether oxygens (including phenoxy) is 4. The first-order chi connectivity index (χ1) is 34.1. The van der Waals surface area contributed by atoms with Crippen molar-refractivity contribution in [2.75, 3.05) is 19.8 Å². The summed E-state index contributed by atoms with van der Waals surface area (Å²) in [5, 5.41) is 87.0. The molecule has 0 bridgehead atoms. The number of allylic oxidation sites excluding steroid dienone is 1. The number of unbranched alkanes of at least 4 members (excludes halogenated alkanes) is 33. The molecule has 2 fully saturated rings. The second-order valence-electron chi connectivity index (χ2n) is 20.8. The Labute approximate surface area is 425 Å². The molecule has 0 saturated carbocycles. The van der Waals surface area contributed by atoms with E-state index in [-0.39, 0.29) is 18.9 Å². The molecule has 1 amide bonds. The Morgan fingerprint density at radius 3 is 1.31 bits per heavy atom. The highest BCUT2D eigenvalue weighted by atomic mass is 16.7. The van der Waals surface area contributed by atoms with E-state index in [9.17, 15) is 45.6 Å². The summed E-state index contributed by atoms with van der Waals surface area (Å²) in [4.78, 5) is 13.2. The second-order valence-corrected chi connectivity index (χ2v) is 20.8. The molecule has 2 rings (SSSR count). The highest BCUT2D eigenvalue weighted by Gasteiger charge is 2.51. The molecular weight excluding hydrogens is 895 g/mol. The molecule has 0 spiro atoms. The van der Waals surface area contributed by atoms with E-state index in [1.54, 1.807) is 6.08 Å². The molecular formula is C56H107NO13. The van der Waals surface area contributed by atoms with Gasteiger partial charge in [0, 0.05) is 6.42 Å². The maximum absolute atomic E-state index is 13.2. The van der Waals surface area contributed by atoms with Gasteiger partial charge in [-0.15, -0.1) is 0 Å². The predicted octanol–water partition coefficient (Wildman–Crippen LogP) is 9.11. The summed E-state index contributed by atoms with van der Waals surface area (Å²) in [6, 6.07) is -0.908. The Hall–Kier alpha value is -1.27. The zero-order valence-electron chi connectivity index (χ0n) is 44.3. The maximum atomic E-state index is 13.2. The van der Waals surface area contributed by atoms with Crippen LogP contribution in [-0.2, 0) is 23.7 Å². The second kappa shape index (κ2) is 43.0. The zero-order chi connectivity index (χ0) is 51.0. The third-order valence-corrected chi connectivity index (χ3v) is 14.5. The molecule has 0 aliphatic carbocycles. The van der Waals surface area contributed by atoms with Crippen LogP contribution in [0.25, 0.3) is 0 Å². The predicted molar refractivity (Wildman–Crippen MR) is 277 cm³/mol. The van der Waals surface area contributed by atoms with E-state index < -0.39 is 86.8 Å². The Morgan fingerprint density at radius 2 is 0.886 bits per heavy atom. The molecule has 9 N–H and O–H groups in total. The molecule has 414 valence electrons. The van der Waals surface area contributed by atoms with E-state index in [1.807, 2.05) is 6.08 Å². The summed E-state index contributed by atoms with van der Waals surface area (Å²) in [5.74, 6) is -0.236. The Bertz CT molecular complexity index is 1230. The quantitative estimate of drug-likeness (QED) is 0.0205. The van der Waals surface area contributed by atoms with Crippen LogP contribution in [0.3, 0.4) is 0 Å². The number of aliphatic hydroxyl groups excluding tert-OH is 8. The van der Waals surface area contributed by atoms with Crippen molar-refractivity contribution < 1.29 is 64.6 Å². The summed E-state index contributed by atoms with van der Waals surface area (Å²) in [6.45, 7) is 2.82. The molecule has 14 heteroatoms. The lowest BCUT2D eigenvalue weighted by Gasteiger charge is -2.46.